The van der Waals surface area contributed by atoms with Crippen LogP contribution in [0.1, 0.15) is 17.1 Å². The van der Waals surface area contributed by atoms with Crippen molar-refractivity contribution < 1.29 is 4.42 Å². The van der Waals surface area contributed by atoms with E-state index < -0.39 is 0 Å². The number of imidazole rings is 1. The molecule has 6 heteroatoms. The van der Waals surface area contributed by atoms with Crippen molar-refractivity contribution in [3.8, 4) is 0 Å². The number of rotatable bonds is 3. The average Bonchev–Trinajstić information content (AvgIpc) is 2.90. The maximum absolute atomic E-state index is 5.82. The third kappa shape index (κ3) is 2.13. The first-order chi connectivity index (χ1) is 9.19. The van der Waals surface area contributed by atoms with Gasteiger partial charge in [-0.1, -0.05) is 6.07 Å². The SMILES string of the molecule is Cc1nc(Sc2nc3ccccn3c2CN)oc1C. The number of hydrogen-bond donors (Lipinski definition) is 1. The van der Waals surface area contributed by atoms with Gasteiger partial charge in [0.2, 0.25) is 0 Å². The van der Waals surface area contributed by atoms with E-state index in [1.165, 1.54) is 11.8 Å². The molecular formula is C13H14N4OS. The molecule has 0 bridgehead atoms. The van der Waals surface area contributed by atoms with Crippen molar-refractivity contribution in [2.24, 2.45) is 5.73 Å². The summed E-state index contributed by atoms with van der Waals surface area (Å²) in [6, 6.07) is 5.87. The normalized spacial score (nSPS) is 11.3. The van der Waals surface area contributed by atoms with E-state index in [-0.39, 0.29) is 0 Å². The summed E-state index contributed by atoms with van der Waals surface area (Å²) < 4.78 is 7.57. The van der Waals surface area contributed by atoms with Crippen LogP contribution in [0.3, 0.4) is 0 Å². The zero-order valence-corrected chi connectivity index (χ0v) is 11.6. The summed E-state index contributed by atoms with van der Waals surface area (Å²) in [5, 5.41) is 1.45. The van der Waals surface area contributed by atoms with Crippen molar-refractivity contribution in [2.75, 3.05) is 0 Å². The summed E-state index contributed by atoms with van der Waals surface area (Å²) in [4.78, 5) is 8.92. The number of hydrogen-bond acceptors (Lipinski definition) is 5. The molecule has 0 aromatic carbocycles. The van der Waals surface area contributed by atoms with Gasteiger partial charge in [0, 0.05) is 12.7 Å². The number of pyridine rings is 1. The number of aryl methyl sites for hydroxylation is 2. The monoisotopic (exact) mass is 274 g/mol. The maximum Gasteiger partial charge on any atom is 0.262 e. The lowest BCUT2D eigenvalue weighted by molar-refractivity contribution is 0.431. The Hall–Kier alpha value is -1.79. The van der Waals surface area contributed by atoms with Crippen molar-refractivity contribution in [2.45, 2.75) is 30.6 Å². The van der Waals surface area contributed by atoms with Gasteiger partial charge in [-0.2, -0.15) is 0 Å². The molecule has 3 rings (SSSR count). The zero-order valence-electron chi connectivity index (χ0n) is 10.8. The lowest BCUT2D eigenvalue weighted by atomic mass is 10.4. The van der Waals surface area contributed by atoms with Crippen molar-refractivity contribution in [1.29, 1.82) is 0 Å². The zero-order chi connectivity index (χ0) is 13.4. The second kappa shape index (κ2) is 4.71. The topological polar surface area (TPSA) is 69.3 Å². The second-order valence-corrected chi connectivity index (χ2v) is 5.16. The molecule has 0 radical (unpaired) electrons. The summed E-state index contributed by atoms with van der Waals surface area (Å²) in [5.41, 5.74) is 8.57. The maximum atomic E-state index is 5.82. The molecule has 0 unspecified atom stereocenters. The van der Waals surface area contributed by atoms with E-state index in [4.69, 9.17) is 10.2 Å². The van der Waals surface area contributed by atoms with Crippen LogP contribution in [0.4, 0.5) is 0 Å². The number of fused-ring (bicyclic) bond motifs is 1. The smallest absolute Gasteiger partial charge is 0.262 e. The van der Waals surface area contributed by atoms with E-state index in [1.807, 2.05) is 42.6 Å². The van der Waals surface area contributed by atoms with Crippen LogP contribution in [-0.2, 0) is 6.54 Å². The highest BCUT2D eigenvalue weighted by molar-refractivity contribution is 7.99. The molecule has 3 aromatic rings. The molecule has 0 spiro atoms. The molecular weight excluding hydrogens is 260 g/mol. The predicted molar refractivity (Wildman–Crippen MR) is 73.2 cm³/mol. The molecule has 2 N–H and O–H groups in total. The Morgan fingerprint density at radius 3 is 2.84 bits per heavy atom. The standard InChI is InChI=1S/C13H14N4OS/c1-8-9(2)18-13(15-8)19-12-10(7-14)17-6-4-3-5-11(17)16-12/h3-6H,7,14H2,1-2H3. The molecule has 98 valence electrons. The minimum absolute atomic E-state index is 0.423. The summed E-state index contributed by atoms with van der Waals surface area (Å²) in [6.07, 6.45) is 1.96. The van der Waals surface area contributed by atoms with Gasteiger partial charge < -0.3 is 14.6 Å². The molecule has 3 heterocycles. The Labute approximate surface area is 114 Å². The molecule has 0 atom stereocenters. The van der Waals surface area contributed by atoms with Gasteiger partial charge in [-0.3, -0.25) is 0 Å². The first-order valence-electron chi connectivity index (χ1n) is 5.97. The van der Waals surface area contributed by atoms with Crippen LogP contribution in [0.2, 0.25) is 0 Å². The summed E-state index contributed by atoms with van der Waals surface area (Å²) in [7, 11) is 0. The quantitative estimate of drug-likeness (QED) is 0.795. The molecule has 0 aliphatic heterocycles. The van der Waals surface area contributed by atoms with Gasteiger partial charge in [0.25, 0.3) is 5.22 Å². The minimum atomic E-state index is 0.423. The van der Waals surface area contributed by atoms with E-state index >= 15 is 0 Å². The second-order valence-electron chi connectivity index (χ2n) is 4.22. The van der Waals surface area contributed by atoms with Gasteiger partial charge >= 0.3 is 0 Å². The van der Waals surface area contributed by atoms with Crippen molar-refractivity contribution >= 4 is 17.4 Å². The van der Waals surface area contributed by atoms with Gasteiger partial charge in [0.15, 0.2) is 0 Å². The Morgan fingerprint density at radius 1 is 1.32 bits per heavy atom. The van der Waals surface area contributed by atoms with Crippen LogP contribution >= 0.6 is 11.8 Å². The lowest BCUT2D eigenvalue weighted by Crippen LogP contribution is -2.01. The fourth-order valence-electron chi connectivity index (χ4n) is 1.86. The van der Waals surface area contributed by atoms with Crippen LogP contribution in [0.25, 0.3) is 5.65 Å². The van der Waals surface area contributed by atoms with E-state index in [9.17, 15) is 0 Å². The lowest BCUT2D eigenvalue weighted by Gasteiger charge is -1.99. The molecule has 0 amide bonds. The molecule has 5 nitrogen and oxygen atoms in total. The number of aromatic nitrogens is 3. The summed E-state index contributed by atoms with van der Waals surface area (Å²) in [5.74, 6) is 0.834. The van der Waals surface area contributed by atoms with Crippen LogP contribution in [0.15, 0.2) is 39.1 Å². The van der Waals surface area contributed by atoms with Crippen LogP contribution < -0.4 is 5.73 Å². The van der Waals surface area contributed by atoms with Crippen LogP contribution in [-0.4, -0.2) is 14.4 Å². The molecule has 19 heavy (non-hydrogen) atoms. The van der Waals surface area contributed by atoms with E-state index in [2.05, 4.69) is 9.97 Å². The molecule has 0 fully saturated rings. The molecule has 0 saturated heterocycles. The highest BCUT2D eigenvalue weighted by Crippen LogP contribution is 2.30. The van der Waals surface area contributed by atoms with E-state index in [0.717, 1.165) is 27.8 Å². The third-order valence-electron chi connectivity index (χ3n) is 2.98. The van der Waals surface area contributed by atoms with Crippen molar-refractivity contribution in [1.82, 2.24) is 14.4 Å². The number of nitrogens with two attached hydrogens (primary N) is 1. The Bertz CT molecular complexity index is 712. The van der Waals surface area contributed by atoms with Gasteiger partial charge in [-0.05, 0) is 37.7 Å². The molecule has 0 aliphatic rings. The Kier molecular flexibility index (Phi) is 3.04. The fourth-order valence-corrected chi connectivity index (χ4v) is 2.82. The number of oxazole rings is 1. The van der Waals surface area contributed by atoms with Gasteiger partial charge in [-0.15, -0.1) is 0 Å². The van der Waals surface area contributed by atoms with Crippen molar-refractivity contribution in [3.05, 3.63) is 41.5 Å². The van der Waals surface area contributed by atoms with Gasteiger partial charge in [0.1, 0.15) is 16.4 Å². The number of nitrogens with zero attached hydrogens (tertiary/aromatic N) is 3. The average molecular weight is 274 g/mol. The van der Waals surface area contributed by atoms with Crippen LogP contribution in [0, 0.1) is 13.8 Å². The third-order valence-corrected chi connectivity index (χ3v) is 3.85. The highest BCUT2D eigenvalue weighted by atomic mass is 32.2. The van der Waals surface area contributed by atoms with Crippen molar-refractivity contribution in [3.63, 3.8) is 0 Å². The van der Waals surface area contributed by atoms with E-state index in [1.54, 1.807) is 0 Å². The Morgan fingerprint density at radius 2 is 2.16 bits per heavy atom. The van der Waals surface area contributed by atoms with Gasteiger partial charge in [0.05, 0.1) is 11.4 Å². The van der Waals surface area contributed by atoms with Crippen LogP contribution in [0.5, 0.6) is 0 Å². The first-order valence-corrected chi connectivity index (χ1v) is 6.78. The fraction of sp³-hybridized carbons (Fsp3) is 0.231. The highest BCUT2D eigenvalue weighted by Gasteiger charge is 2.15. The minimum Gasteiger partial charge on any atom is -0.436 e. The van der Waals surface area contributed by atoms with E-state index in [0.29, 0.717) is 11.8 Å². The molecule has 0 aliphatic carbocycles. The van der Waals surface area contributed by atoms with Gasteiger partial charge in [-0.25, -0.2) is 9.97 Å². The molecule has 3 aromatic heterocycles. The first kappa shape index (κ1) is 12.3. The largest absolute Gasteiger partial charge is 0.436 e. The predicted octanol–water partition coefficient (Wildman–Crippen LogP) is 2.55. The summed E-state index contributed by atoms with van der Waals surface area (Å²) >= 11 is 1.41. The summed E-state index contributed by atoms with van der Waals surface area (Å²) in [6.45, 7) is 4.25. The molecule has 0 saturated carbocycles. The Balaban J connectivity index is 2.04.